The van der Waals surface area contributed by atoms with Gasteiger partial charge in [-0.3, -0.25) is 10.6 Å². The van der Waals surface area contributed by atoms with Gasteiger partial charge in [-0.05, 0) is 30.7 Å². The lowest BCUT2D eigenvalue weighted by molar-refractivity contribution is 0.0931. The number of benzene rings is 2. The van der Waals surface area contributed by atoms with E-state index >= 15 is 0 Å². The van der Waals surface area contributed by atoms with Crippen molar-refractivity contribution in [3.8, 4) is 5.75 Å². The molecule has 1 unspecified atom stereocenters. The lowest BCUT2D eigenvalue weighted by Crippen LogP contribution is -2.30. The Balaban J connectivity index is 1.82. The van der Waals surface area contributed by atoms with Gasteiger partial charge in [0.25, 0.3) is 5.91 Å². The molecule has 2 aromatic carbocycles. The largest absolute Gasteiger partial charge is 0.491 e. The van der Waals surface area contributed by atoms with Gasteiger partial charge in [0.2, 0.25) is 0 Å². The molecule has 2 aromatic rings. The van der Waals surface area contributed by atoms with Crippen LogP contribution in [0, 0.1) is 6.92 Å². The minimum absolute atomic E-state index is 0.138. The van der Waals surface area contributed by atoms with Crippen molar-refractivity contribution in [1.82, 2.24) is 5.32 Å². The summed E-state index contributed by atoms with van der Waals surface area (Å²) in [6.45, 7) is 2.39. The van der Waals surface area contributed by atoms with E-state index in [4.69, 9.17) is 10.6 Å². The summed E-state index contributed by atoms with van der Waals surface area (Å²) >= 11 is 0. The quantitative estimate of drug-likeness (QED) is 0.596. The minimum atomic E-state index is -0.173. The Labute approximate surface area is 123 Å². The van der Waals surface area contributed by atoms with Crippen LogP contribution in [-0.2, 0) is 0 Å². The Morgan fingerprint density at radius 2 is 2.10 bits per heavy atom. The van der Waals surface area contributed by atoms with Gasteiger partial charge in [-0.25, -0.2) is 0 Å². The Kier molecular flexibility index (Phi) is 3.50. The first-order valence-electron chi connectivity index (χ1n) is 6.79. The molecular formula is C16H17N3O2. The fourth-order valence-electron chi connectivity index (χ4n) is 2.49. The first-order valence-corrected chi connectivity index (χ1v) is 6.79. The van der Waals surface area contributed by atoms with Gasteiger partial charge < -0.3 is 15.5 Å². The van der Waals surface area contributed by atoms with Crippen LogP contribution in [0.15, 0.2) is 42.5 Å². The zero-order valence-corrected chi connectivity index (χ0v) is 11.7. The molecule has 21 heavy (non-hydrogen) atoms. The maximum Gasteiger partial charge on any atom is 0.254 e. The number of rotatable bonds is 3. The highest BCUT2D eigenvalue weighted by Gasteiger charge is 2.26. The van der Waals surface area contributed by atoms with Gasteiger partial charge in [-0.1, -0.05) is 24.3 Å². The normalized spacial score (nSPS) is 16.0. The molecule has 1 heterocycles. The third-order valence-corrected chi connectivity index (χ3v) is 3.58. The van der Waals surface area contributed by atoms with E-state index in [-0.39, 0.29) is 11.9 Å². The molecule has 1 amide bonds. The molecule has 0 bridgehead atoms. The third kappa shape index (κ3) is 2.55. The number of aryl methyl sites for hydroxylation is 1. The summed E-state index contributed by atoms with van der Waals surface area (Å²) in [7, 11) is 0. The molecule has 0 spiro atoms. The van der Waals surface area contributed by atoms with Gasteiger partial charge in [0.15, 0.2) is 0 Å². The molecule has 4 N–H and O–H groups in total. The van der Waals surface area contributed by atoms with E-state index in [1.54, 1.807) is 6.07 Å². The Hall–Kier alpha value is -2.53. The van der Waals surface area contributed by atoms with E-state index < -0.39 is 0 Å². The van der Waals surface area contributed by atoms with Crippen molar-refractivity contribution in [3.05, 3.63) is 59.2 Å². The monoisotopic (exact) mass is 283 g/mol. The van der Waals surface area contributed by atoms with E-state index in [0.717, 1.165) is 16.9 Å². The minimum Gasteiger partial charge on any atom is -0.491 e. The van der Waals surface area contributed by atoms with Gasteiger partial charge in [0, 0.05) is 5.56 Å². The second-order valence-corrected chi connectivity index (χ2v) is 5.07. The average molecular weight is 283 g/mol. The molecule has 1 aliphatic heterocycles. The molecular weight excluding hydrogens is 266 g/mol. The molecule has 5 heteroatoms. The van der Waals surface area contributed by atoms with Crippen molar-refractivity contribution in [2.45, 2.75) is 13.0 Å². The maximum atomic E-state index is 12.4. The Morgan fingerprint density at radius 1 is 1.29 bits per heavy atom. The lowest BCUT2D eigenvalue weighted by atomic mass is 10.1. The number of amides is 1. The molecule has 0 saturated heterocycles. The Bertz CT molecular complexity index is 685. The fraction of sp³-hybridized carbons (Fsp3) is 0.188. The predicted molar refractivity (Wildman–Crippen MR) is 81.1 cm³/mol. The SMILES string of the molecule is Cc1ccc(C(=O)NC2COc3ccccc32)c(NN)c1. The van der Waals surface area contributed by atoms with E-state index in [1.807, 2.05) is 43.3 Å². The molecule has 0 saturated carbocycles. The first kappa shape index (κ1) is 13.5. The van der Waals surface area contributed by atoms with Crippen LogP contribution in [0.25, 0.3) is 0 Å². The number of carbonyl (C=O) groups excluding carboxylic acids is 1. The van der Waals surface area contributed by atoms with Crippen molar-refractivity contribution < 1.29 is 9.53 Å². The zero-order chi connectivity index (χ0) is 14.8. The molecule has 0 aliphatic carbocycles. The van der Waals surface area contributed by atoms with Crippen LogP contribution in [0.5, 0.6) is 5.75 Å². The average Bonchev–Trinajstić information content (AvgIpc) is 2.90. The number of hydrogen-bond donors (Lipinski definition) is 3. The third-order valence-electron chi connectivity index (χ3n) is 3.58. The predicted octanol–water partition coefficient (Wildman–Crippen LogP) is 2.14. The number of hydrazine groups is 1. The maximum absolute atomic E-state index is 12.4. The molecule has 0 fully saturated rings. The van der Waals surface area contributed by atoms with Crippen LogP contribution >= 0.6 is 0 Å². The number of ether oxygens (including phenoxy) is 1. The summed E-state index contributed by atoms with van der Waals surface area (Å²) in [5.74, 6) is 6.14. The topological polar surface area (TPSA) is 76.4 Å². The summed E-state index contributed by atoms with van der Waals surface area (Å²) in [5.41, 5.74) is 5.74. The number of carbonyl (C=O) groups is 1. The summed E-state index contributed by atoms with van der Waals surface area (Å²) in [6.07, 6.45) is 0. The van der Waals surface area contributed by atoms with Crippen LogP contribution in [0.3, 0.4) is 0 Å². The number of nitrogens with one attached hydrogen (secondary N) is 2. The molecule has 1 aliphatic rings. The molecule has 0 radical (unpaired) electrons. The van der Waals surface area contributed by atoms with Crippen LogP contribution in [-0.4, -0.2) is 12.5 Å². The molecule has 3 rings (SSSR count). The number of hydrogen-bond acceptors (Lipinski definition) is 4. The van der Waals surface area contributed by atoms with Crippen LogP contribution < -0.4 is 21.3 Å². The van der Waals surface area contributed by atoms with Crippen LogP contribution in [0.2, 0.25) is 0 Å². The van der Waals surface area contributed by atoms with Crippen molar-refractivity contribution >= 4 is 11.6 Å². The van der Waals surface area contributed by atoms with Crippen LogP contribution in [0.1, 0.15) is 27.5 Å². The number of anilines is 1. The van der Waals surface area contributed by atoms with E-state index in [9.17, 15) is 4.79 Å². The highest BCUT2D eigenvalue weighted by molar-refractivity contribution is 6.00. The lowest BCUT2D eigenvalue weighted by Gasteiger charge is -2.14. The molecule has 5 nitrogen and oxygen atoms in total. The van der Waals surface area contributed by atoms with Crippen molar-refractivity contribution in [2.24, 2.45) is 5.84 Å². The van der Waals surface area contributed by atoms with Gasteiger partial charge in [-0.15, -0.1) is 0 Å². The highest BCUT2D eigenvalue weighted by atomic mass is 16.5. The molecule has 108 valence electrons. The summed E-state index contributed by atoms with van der Waals surface area (Å²) in [5, 5.41) is 2.99. The Morgan fingerprint density at radius 3 is 2.90 bits per heavy atom. The second-order valence-electron chi connectivity index (χ2n) is 5.07. The van der Waals surface area contributed by atoms with Gasteiger partial charge >= 0.3 is 0 Å². The summed E-state index contributed by atoms with van der Waals surface area (Å²) in [6, 6.07) is 13.1. The smallest absolute Gasteiger partial charge is 0.254 e. The number of nitrogen functional groups attached to an aromatic ring is 1. The van der Waals surface area contributed by atoms with Gasteiger partial charge in [0.05, 0.1) is 17.3 Å². The first-order chi connectivity index (χ1) is 10.2. The summed E-state index contributed by atoms with van der Waals surface area (Å²) in [4.78, 5) is 12.4. The fourth-order valence-corrected chi connectivity index (χ4v) is 2.49. The zero-order valence-electron chi connectivity index (χ0n) is 11.7. The van der Waals surface area contributed by atoms with E-state index in [2.05, 4.69) is 10.7 Å². The van der Waals surface area contributed by atoms with Crippen LogP contribution in [0.4, 0.5) is 5.69 Å². The molecule has 0 aromatic heterocycles. The van der Waals surface area contributed by atoms with E-state index in [0.29, 0.717) is 17.9 Å². The molecule has 1 atom stereocenters. The van der Waals surface area contributed by atoms with Crippen molar-refractivity contribution in [3.63, 3.8) is 0 Å². The van der Waals surface area contributed by atoms with Crippen molar-refractivity contribution in [2.75, 3.05) is 12.0 Å². The number of fused-ring (bicyclic) bond motifs is 1. The highest BCUT2D eigenvalue weighted by Crippen LogP contribution is 2.32. The van der Waals surface area contributed by atoms with Crippen molar-refractivity contribution in [1.29, 1.82) is 0 Å². The second kappa shape index (κ2) is 5.46. The van der Waals surface area contributed by atoms with Gasteiger partial charge in [0.1, 0.15) is 12.4 Å². The number of para-hydroxylation sites is 1. The summed E-state index contributed by atoms with van der Waals surface area (Å²) < 4.78 is 5.57. The van der Waals surface area contributed by atoms with E-state index in [1.165, 1.54) is 0 Å². The standard InChI is InChI=1S/C16H17N3O2/c1-10-6-7-12(13(8-10)19-17)16(20)18-14-9-21-15-5-3-2-4-11(14)15/h2-8,14,19H,9,17H2,1H3,(H,18,20). The van der Waals surface area contributed by atoms with Gasteiger partial charge in [-0.2, -0.15) is 0 Å². The number of nitrogens with two attached hydrogens (primary N) is 1.